The molecule has 2 aliphatic heterocycles. The van der Waals surface area contributed by atoms with Crippen molar-refractivity contribution in [3.63, 3.8) is 0 Å². The van der Waals surface area contributed by atoms with Crippen molar-refractivity contribution in [2.45, 2.75) is 203 Å². The first-order valence-corrected chi connectivity index (χ1v) is 19.9. The summed E-state index contributed by atoms with van der Waals surface area (Å²) in [6.45, 7) is 2.67. The highest BCUT2D eigenvalue weighted by Crippen LogP contribution is 2.29. The van der Waals surface area contributed by atoms with E-state index in [1.807, 2.05) is 6.08 Å². The van der Waals surface area contributed by atoms with Crippen molar-refractivity contribution in [1.29, 1.82) is 0 Å². The van der Waals surface area contributed by atoms with E-state index in [1.54, 1.807) is 6.08 Å². The normalized spacial score (nSPS) is 30.8. The highest BCUT2D eigenvalue weighted by atomic mass is 16.7. The summed E-state index contributed by atoms with van der Waals surface area (Å²) in [4.78, 5) is 13.0. The van der Waals surface area contributed by atoms with Crippen LogP contribution >= 0.6 is 0 Å². The van der Waals surface area contributed by atoms with E-state index >= 15 is 0 Å². The summed E-state index contributed by atoms with van der Waals surface area (Å²) in [5.74, 6) is -0.247. The molecule has 0 aliphatic carbocycles. The van der Waals surface area contributed by atoms with Crippen molar-refractivity contribution in [3.8, 4) is 0 Å². The van der Waals surface area contributed by atoms with Crippen molar-refractivity contribution in [3.05, 3.63) is 12.2 Å². The molecular formula is C38H71NO13. The number of carbonyl (C=O) groups is 1. The number of aliphatic hydroxyl groups is 8. The second-order valence-corrected chi connectivity index (χ2v) is 14.4. The molecule has 2 aliphatic rings. The molecule has 2 fully saturated rings. The summed E-state index contributed by atoms with van der Waals surface area (Å²) < 4.78 is 22.5. The van der Waals surface area contributed by atoms with Gasteiger partial charge in [0.15, 0.2) is 12.6 Å². The fourth-order valence-electron chi connectivity index (χ4n) is 6.58. The van der Waals surface area contributed by atoms with Gasteiger partial charge in [0.25, 0.3) is 0 Å². The van der Waals surface area contributed by atoms with E-state index in [0.717, 1.165) is 44.9 Å². The third-order valence-electron chi connectivity index (χ3n) is 9.97. The maximum Gasteiger partial charge on any atom is 0.220 e. The zero-order chi connectivity index (χ0) is 38.3. The highest BCUT2D eigenvalue weighted by molar-refractivity contribution is 5.76. The monoisotopic (exact) mass is 749 g/mol. The predicted octanol–water partition coefficient (Wildman–Crippen LogP) is 2.09. The lowest BCUT2D eigenvalue weighted by Crippen LogP contribution is -2.65. The Bertz CT molecular complexity index is 941. The van der Waals surface area contributed by atoms with Gasteiger partial charge in [0.2, 0.25) is 5.91 Å². The number of aliphatic hydroxyl groups excluding tert-OH is 8. The van der Waals surface area contributed by atoms with E-state index in [9.17, 15) is 45.6 Å². The fourth-order valence-corrected chi connectivity index (χ4v) is 6.58. The van der Waals surface area contributed by atoms with Gasteiger partial charge in [-0.15, -0.1) is 0 Å². The molecule has 1 amide bonds. The van der Waals surface area contributed by atoms with Crippen molar-refractivity contribution in [2.24, 2.45) is 0 Å². The number of hydrogen-bond acceptors (Lipinski definition) is 13. The Kier molecular flexibility index (Phi) is 24.6. The topological polar surface area (TPSA) is 228 Å². The molecule has 2 heterocycles. The molecule has 0 bridgehead atoms. The van der Waals surface area contributed by atoms with Gasteiger partial charge in [-0.1, -0.05) is 116 Å². The van der Waals surface area contributed by atoms with Gasteiger partial charge in [-0.05, 0) is 19.3 Å². The van der Waals surface area contributed by atoms with E-state index in [-0.39, 0.29) is 18.9 Å². The lowest BCUT2D eigenvalue weighted by atomic mass is 9.97. The third-order valence-corrected chi connectivity index (χ3v) is 9.97. The van der Waals surface area contributed by atoms with E-state index in [2.05, 4.69) is 19.2 Å². The summed E-state index contributed by atoms with van der Waals surface area (Å²) in [6.07, 6.45) is 5.82. The first kappa shape index (κ1) is 46.9. The zero-order valence-electron chi connectivity index (χ0n) is 31.6. The van der Waals surface area contributed by atoms with Gasteiger partial charge >= 0.3 is 0 Å². The number of nitrogens with one attached hydrogen (secondary N) is 1. The van der Waals surface area contributed by atoms with Crippen LogP contribution in [-0.2, 0) is 23.7 Å². The summed E-state index contributed by atoms with van der Waals surface area (Å²) in [6, 6.07) is -0.903. The maximum absolute atomic E-state index is 13.0. The Morgan fingerprint density at radius 3 is 1.77 bits per heavy atom. The quantitative estimate of drug-likeness (QED) is 0.0413. The van der Waals surface area contributed by atoms with Crippen LogP contribution in [0.5, 0.6) is 0 Å². The fraction of sp³-hybridized carbons (Fsp3) is 0.921. The van der Waals surface area contributed by atoms with Gasteiger partial charge in [0.05, 0.1) is 32.0 Å². The Morgan fingerprint density at radius 2 is 1.19 bits per heavy atom. The van der Waals surface area contributed by atoms with Gasteiger partial charge in [0, 0.05) is 6.42 Å². The van der Waals surface area contributed by atoms with Crippen LogP contribution in [-0.4, -0.2) is 140 Å². The van der Waals surface area contributed by atoms with E-state index in [0.29, 0.717) is 6.42 Å². The molecule has 0 aromatic rings. The number of rotatable bonds is 28. The molecule has 0 spiro atoms. The molecule has 0 radical (unpaired) electrons. The summed E-state index contributed by atoms with van der Waals surface area (Å²) >= 11 is 0. The minimum atomic E-state index is -1.78. The van der Waals surface area contributed by atoms with Crippen molar-refractivity contribution in [2.75, 3.05) is 19.8 Å². The molecule has 0 aromatic heterocycles. The number of carbonyl (C=O) groups excluding carboxylic acids is 1. The van der Waals surface area contributed by atoms with Crippen LogP contribution in [0.25, 0.3) is 0 Å². The molecule has 52 heavy (non-hydrogen) atoms. The second kappa shape index (κ2) is 27.3. The Hall–Kier alpha value is -1.27. The van der Waals surface area contributed by atoms with Crippen LogP contribution in [0.3, 0.4) is 0 Å². The lowest BCUT2D eigenvalue weighted by Gasteiger charge is -2.46. The summed E-state index contributed by atoms with van der Waals surface area (Å²) in [5.41, 5.74) is 0. The molecule has 2 saturated heterocycles. The second-order valence-electron chi connectivity index (χ2n) is 14.4. The Balaban J connectivity index is 1.96. The average Bonchev–Trinajstić information content (AvgIpc) is 3.14. The first-order valence-electron chi connectivity index (χ1n) is 19.9. The Labute approximate surface area is 310 Å². The molecule has 0 aromatic carbocycles. The lowest BCUT2D eigenvalue weighted by molar-refractivity contribution is -0.359. The number of ether oxygens (including phenoxy) is 4. The SMILES string of the molecule is CCCCCCCC/C=C/C(O)C(COC1OC(CO)C(OC2OC(CO)C(O)C(O)C2O)C(O)C1O)NC(=O)CCCCCCCCCCCC. The van der Waals surface area contributed by atoms with Crippen LogP contribution in [0.1, 0.15) is 129 Å². The molecule has 14 nitrogen and oxygen atoms in total. The first-order chi connectivity index (χ1) is 25.1. The molecule has 306 valence electrons. The molecule has 2 rings (SSSR count). The minimum Gasteiger partial charge on any atom is -0.394 e. The number of hydrogen-bond donors (Lipinski definition) is 9. The van der Waals surface area contributed by atoms with Gasteiger partial charge in [0.1, 0.15) is 48.8 Å². The van der Waals surface area contributed by atoms with Gasteiger partial charge < -0.3 is 65.1 Å². The highest BCUT2D eigenvalue weighted by Gasteiger charge is 2.50. The minimum absolute atomic E-state index is 0.247. The van der Waals surface area contributed by atoms with Gasteiger partial charge in [-0.3, -0.25) is 4.79 Å². The molecular weight excluding hydrogens is 678 g/mol. The standard InChI is InChI=1S/C38H71NO13/c1-3-5-7-9-11-13-14-16-18-20-22-30(43)39-26(27(42)21-19-17-15-12-10-8-6-4-2)25-49-37-35(48)33(46)36(29(24-41)51-37)52-38-34(47)32(45)31(44)28(23-40)50-38/h19,21,26-29,31-38,40-42,44-48H,3-18,20,22-25H2,1-2H3,(H,39,43)/b21-19+. The predicted molar refractivity (Wildman–Crippen MR) is 194 cm³/mol. The molecule has 9 N–H and O–H groups in total. The van der Waals surface area contributed by atoms with Crippen molar-refractivity contribution < 1.29 is 64.6 Å². The smallest absolute Gasteiger partial charge is 0.220 e. The van der Waals surface area contributed by atoms with Crippen molar-refractivity contribution >= 4 is 5.91 Å². The molecule has 14 heteroatoms. The van der Waals surface area contributed by atoms with Gasteiger partial charge in [-0.25, -0.2) is 0 Å². The number of allylic oxidation sites excluding steroid dienone is 1. The largest absolute Gasteiger partial charge is 0.394 e. The molecule has 12 atom stereocenters. The number of amides is 1. The zero-order valence-corrected chi connectivity index (χ0v) is 31.6. The average molecular weight is 750 g/mol. The van der Waals surface area contributed by atoms with E-state index in [4.69, 9.17) is 18.9 Å². The summed E-state index contributed by atoms with van der Waals surface area (Å²) in [7, 11) is 0. The van der Waals surface area contributed by atoms with Crippen molar-refractivity contribution in [1.82, 2.24) is 5.32 Å². The number of unbranched alkanes of at least 4 members (excludes halogenated alkanes) is 15. The maximum atomic E-state index is 13.0. The molecule has 0 saturated carbocycles. The van der Waals surface area contributed by atoms with Crippen LogP contribution in [0.2, 0.25) is 0 Å². The third kappa shape index (κ3) is 16.6. The molecule has 12 unspecified atom stereocenters. The van der Waals surface area contributed by atoms with Crippen LogP contribution < -0.4 is 5.32 Å². The van der Waals surface area contributed by atoms with Gasteiger partial charge in [-0.2, -0.15) is 0 Å². The Morgan fingerprint density at radius 1 is 0.673 bits per heavy atom. The van der Waals surface area contributed by atoms with Crippen LogP contribution in [0.15, 0.2) is 12.2 Å². The van der Waals surface area contributed by atoms with E-state index in [1.165, 1.54) is 57.8 Å². The summed E-state index contributed by atoms with van der Waals surface area (Å²) in [5, 5.41) is 85.9. The van der Waals surface area contributed by atoms with E-state index < -0.39 is 86.8 Å². The van der Waals surface area contributed by atoms with Crippen LogP contribution in [0.4, 0.5) is 0 Å². The van der Waals surface area contributed by atoms with Crippen LogP contribution in [0, 0.1) is 0 Å².